The molecule has 3 heterocycles. The fourth-order valence-corrected chi connectivity index (χ4v) is 11.1. The number of hydrogen-bond donors (Lipinski definition) is 1. The molecule has 0 aromatic rings. The van der Waals surface area contributed by atoms with Crippen molar-refractivity contribution in [2.24, 2.45) is 29.6 Å². The molecular weight excluding hydrogens is 807 g/mol. The predicted octanol–water partition coefficient (Wildman–Crippen LogP) is 8.31. The van der Waals surface area contributed by atoms with E-state index in [2.05, 4.69) is 46.9 Å². The number of esters is 1. The van der Waals surface area contributed by atoms with Gasteiger partial charge in [0, 0.05) is 45.6 Å². The maximum atomic E-state index is 14.5. The highest BCUT2D eigenvalue weighted by Gasteiger charge is 2.56. The molecule has 0 aromatic heterocycles. The zero-order chi connectivity index (χ0) is 46.3. The molecule has 12 nitrogen and oxygen atoms in total. The Bertz CT molecular complexity index is 1650. The average molecular weight is 888 g/mol. The third-order valence-electron chi connectivity index (χ3n) is 14.6. The van der Waals surface area contributed by atoms with Crippen molar-refractivity contribution < 1.29 is 52.4 Å². The molecule has 1 N–H and O–H groups in total. The Morgan fingerprint density at radius 3 is 2.19 bits per heavy atom. The van der Waals surface area contributed by atoms with Gasteiger partial charge in [-0.2, -0.15) is 0 Å². The first-order chi connectivity index (χ1) is 29.0. The van der Waals surface area contributed by atoms with E-state index in [-0.39, 0.29) is 53.7 Å². The monoisotopic (exact) mass is 888 g/mol. The van der Waals surface area contributed by atoms with Gasteiger partial charge in [-0.25, -0.2) is 4.79 Å². The second-order valence-corrected chi connectivity index (χ2v) is 25.3. The number of fused-ring (bicyclic) bond motifs is 3. The molecule has 1 amide bonds. The number of allylic oxidation sites excluding steroid dienone is 4. The summed E-state index contributed by atoms with van der Waals surface area (Å²) in [6.07, 6.45) is 10.8. The van der Waals surface area contributed by atoms with E-state index in [1.54, 1.807) is 34.3 Å². The highest BCUT2D eigenvalue weighted by atomic mass is 28.4. The van der Waals surface area contributed by atoms with E-state index in [9.17, 15) is 24.3 Å². The van der Waals surface area contributed by atoms with E-state index in [1.807, 2.05) is 39.8 Å². The summed E-state index contributed by atoms with van der Waals surface area (Å²) in [6.45, 7) is 23.0. The van der Waals surface area contributed by atoms with Crippen LogP contribution in [0.25, 0.3) is 0 Å². The topological polar surface area (TPSA) is 147 Å². The van der Waals surface area contributed by atoms with Crippen LogP contribution in [0.4, 0.5) is 0 Å². The van der Waals surface area contributed by atoms with Gasteiger partial charge in [0.1, 0.15) is 18.2 Å². The molecule has 2 bridgehead atoms. The molecule has 13 atom stereocenters. The summed E-state index contributed by atoms with van der Waals surface area (Å²) in [5.74, 6) is -6.58. The minimum atomic E-state index is -2.47. The first-order valence-electron chi connectivity index (χ1n) is 23.3. The van der Waals surface area contributed by atoms with Gasteiger partial charge >= 0.3 is 5.97 Å². The SMILES string of the molecule is CCC1C=C(C)CC(C)CC(OC)C2OC(O)(C(=O)C(=O)N3CCCCC3C(=O)OC(C(C)=CC3CCC(O[Si](C)(C)C(C)(C)C)C(OC)C3)C(C)C=CC1=O)C(C)CC2OC. The zero-order valence-corrected chi connectivity index (χ0v) is 41.5. The van der Waals surface area contributed by atoms with Crippen LogP contribution in [0.3, 0.4) is 0 Å². The number of carbonyl (C=O) groups is 4. The smallest absolute Gasteiger partial charge is 0.329 e. The summed E-state index contributed by atoms with van der Waals surface area (Å²) >= 11 is 0. The number of nitrogens with zero attached hydrogens (tertiary/aromatic N) is 1. The number of piperidine rings is 1. The minimum Gasteiger partial charge on any atom is -0.456 e. The van der Waals surface area contributed by atoms with Crippen molar-refractivity contribution in [3.05, 3.63) is 35.5 Å². The average Bonchev–Trinajstić information content (AvgIpc) is 3.22. The van der Waals surface area contributed by atoms with E-state index in [0.717, 1.165) is 30.4 Å². The molecule has 13 unspecified atom stereocenters. The molecule has 13 heteroatoms. The second kappa shape index (κ2) is 22.1. The molecule has 352 valence electrons. The molecule has 0 spiro atoms. The molecule has 0 radical (unpaired) electrons. The van der Waals surface area contributed by atoms with Crippen LogP contribution in [0.5, 0.6) is 0 Å². The van der Waals surface area contributed by atoms with Crippen LogP contribution in [0.15, 0.2) is 35.5 Å². The third-order valence-corrected chi connectivity index (χ3v) is 19.1. The zero-order valence-electron chi connectivity index (χ0n) is 40.5. The summed E-state index contributed by atoms with van der Waals surface area (Å²) in [4.78, 5) is 58.2. The summed E-state index contributed by atoms with van der Waals surface area (Å²) < 4.78 is 37.4. The van der Waals surface area contributed by atoms with Gasteiger partial charge in [0.05, 0.1) is 24.4 Å². The van der Waals surface area contributed by atoms with Crippen LogP contribution in [0.1, 0.15) is 127 Å². The highest BCUT2D eigenvalue weighted by molar-refractivity contribution is 6.74. The number of rotatable bonds is 8. The van der Waals surface area contributed by atoms with Gasteiger partial charge in [0.2, 0.25) is 5.79 Å². The van der Waals surface area contributed by atoms with E-state index in [0.29, 0.717) is 38.5 Å². The van der Waals surface area contributed by atoms with Crippen molar-refractivity contribution in [3.8, 4) is 0 Å². The van der Waals surface area contributed by atoms with Crippen molar-refractivity contribution in [3.63, 3.8) is 0 Å². The molecule has 2 saturated heterocycles. The van der Waals surface area contributed by atoms with Crippen LogP contribution in [0, 0.1) is 29.6 Å². The molecule has 62 heavy (non-hydrogen) atoms. The Morgan fingerprint density at radius 1 is 0.935 bits per heavy atom. The van der Waals surface area contributed by atoms with E-state index in [4.69, 9.17) is 28.1 Å². The Labute approximate surface area is 374 Å². The molecule has 0 aromatic carbocycles. The van der Waals surface area contributed by atoms with Crippen molar-refractivity contribution in [2.45, 2.75) is 193 Å². The molecule has 3 aliphatic heterocycles. The van der Waals surface area contributed by atoms with Gasteiger partial charge in [0.25, 0.3) is 11.7 Å². The van der Waals surface area contributed by atoms with Crippen molar-refractivity contribution in [1.29, 1.82) is 0 Å². The fraction of sp³-hybridized carbons (Fsp3) is 0.796. The summed E-state index contributed by atoms with van der Waals surface area (Å²) in [6, 6.07) is -1.06. The highest BCUT2D eigenvalue weighted by Crippen LogP contribution is 2.42. The van der Waals surface area contributed by atoms with Crippen LogP contribution >= 0.6 is 0 Å². The Balaban J connectivity index is 1.73. The van der Waals surface area contributed by atoms with Crippen LogP contribution < -0.4 is 0 Å². The number of carbonyl (C=O) groups excluding carboxylic acids is 4. The van der Waals surface area contributed by atoms with E-state index in [1.165, 1.54) is 4.90 Å². The normalized spacial score (nSPS) is 37.0. The third kappa shape index (κ3) is 12.4. The first-order valence-corrected chi connectivity index (χ1v) is 26.2. The Kier molecular flexibility index (Phi) is 18.6. The predicted molar refractivity (Wildman–Crippen MR) is 243 cm³/mol. The Morgan fingerprint density at radius 2 is 1.58 bits per heavy atom. The number of aliphatic hydroxyl groups is 1. The number of ether oxygens (including phenoxy) is 5. The largest absolute Gasteiger partial charge is 0.456 e. The van der Waals surface area contributed by atoms with E-state index >= 15 is 0 Å². The van der Waals surface area contributed by atoms with Gasteiger partial charge in [0.15, 0.2) is 14.1 Å². The number of methoxy groups -OCH3 is 3. The molecule has 1 aliphatic carbocycles. The van der Waals surface area contributed by atoms with E-state index < -0.39 is 74.1 Å². The summed E-state index contributed by atoms with van der Waals surface area (Å²) in [5, 5.41) is 12.2. The van der Waals surface area contributed by atoms with Crippen molar-refractivity contribution >= 4 is 31.8 Å². The lowest BCUT2D eigenvalue weighted by molar-refractivity contribution is -0.302. The minimum absolute atomic E-state index is 0.00979. The summed E-state index contributed by atoms with van der Waals surface area (Å²) in [5.41, 5.74) is 1.89. The van der Waals surface area contributed by atoms with Gasteiger partial charge in [-0.1, -0.05) is 72.3 Å². The maximum absolute atomic E-state index is 14.5. The van der Waals surface area contributed by atoms with Gasteiger partial charge in [-0.05, 0) is 120 Å². The van der Waals surface area contributed by atoms with Crippen molar-refractivity contribution in [2.75, 3.05) is 27.9 Å². The molecule has 4 aliphatic rings. The number of ketones is 2. The number of amides is 1. The number of Topliss-reactive ketones (excluding diaryl/α,β-unsaturated/α-hetero) is 1. The van der Waals surface area contributed by atoms with Crippen LogP contribution in [0.2, 0.25) is 18.1 Å². The molecular formula is C49H81NO11Si. The lowest BCUT2D eigenvalue weighted by Crippen LogP contribution is -2.64. The van der Waals surface area contributed by atoms with Crippen molar-refractivity contribution in [1.82, 2.24) is 4.90 Å². The van der Waals surface area contributed by atoms with Gasteiger partial charge in [-0.3, -0.25) is 14.4 Å². The molecule has 1 saturated carbocycles. The molecule has 3 fully saturated rings. The Hall–Kier alpha value is -2.52. The fourth-order valence-electron chi connectivity index (χ4n) is 9.75. The lowest BCUT2D eigenvalue weighted by atomic mass is 9.82. The first kappa shape index (κ1) is 52.1. The molecule has 4 rings (SSSR count). The number of cyclic esters (lactones) is 1. The summed E-state index contributed by atoms with van der Waals surface area (Å²) in [7, 11) is 2.81. The maximum Gasteiger partial charge on any atom is 0.329 e. The van der Waals surface area contributed by atoms with Crippen LogP contribution in [-0.2, 0) is 47.3 Å². The standard InChI is InChI=1S/C49H81NO11Si/c1-15-36-25-30(2)24-31(3)26-41(57-11)44-42(58-12)28-34(6)49(55,60-44)45(52)46(53)50-23-17-16-18-37(50)47(54)59-43(32(4)19-21-38(36)51)33(5)27-35-20-22-39(40(29-35)56-10)61-62(13,14)48(7,8)9/h19,21,25,27,31-32,34-37,39-44,55H,15-18,20,22-24,26,28-29H2,1-14H3. The van der Waals surface area contributed by atoms with Crippen LogP contribution in [-0.4, -0.2) is 118 Å². The second-order valence-electron chi connectivity index (χ2n) is 20.5. The van der Waals surface area contributed by atoms with Gasteiger partial charge in [-0.15, -0.1) is 0 Å². The quantitative estimate of drug-likeness (QED) is 0.109. The number of hydrogen-bond acceptors (Lipinski definition) is 11. The lowest BCUT2D eigenvalue weighted by Gasteiger charge is -2.47. The van der Waals surface area contributed by atoms with Gasteiger partial charge < -0.3 is 38.1 Å².